The summed E-state index contributed by atoms with van der Waals surface area (Å²) in [6, 6.07) is 32.6. The predicted octanol–water partition coefficient (Wildman–Crippen LogP) is 7.70. The summed E-state index contributed by atoms with van der Waals surface area (Å²) in [5, 5.41) is 14.3. The molecule has 0 aliphatic rings. The number of hydrogen-bond donors (Lipinski definition) is 0. The second kappa shape index (κ2) is 7.56. The summed E-state index contributed by atoms with van der Waals surface area (Å²) < 4.78 is 4.35. The van der Waals surface area contributed by atoms with Gasteiger partial charge in [0.25, 0.3) is 0 Å². The number of pyridine rings is 1. The van der Waals surface area contributed by atoms with Crippen LogP contribution in [0, 0.1) is 17.9 Å². The summed E-state index contributed by atoms with van der Waals surface area (Å²) in [6.45, 7) is 7.47. The third kappa shape index (κ3) is 2.78. The summed E-state index contributed by atoms with van der Waals surface area (Å²) in [5.41, 5.74) is 7.03. The highest BCUT2D eigenvalue weighted by atomic mass is 15.0. The van der Waals surface area contributed by atoms with Gasteiger partial charge in [-0.2, -0.15) is 5.26 Å². The lowest BCUT2D eigenvalue weighted by Crippen LogP contribution is -2.00. The van der Waals surface area contributed by atoms with Gasteiger partial charge in [0.15, 0.2) is 5.69 Å². The second-order valence-electron chi connectivity index (χ2n) is 8.76. The molecule has 0 fully saturated rings. The molecule has 0 saturated heterocycles. The van der Waals surface area contributed by atoms with Crippen LogP contribution >= 0.6 is 0 Å². The Morgan fingerprint density at radius 3 is 1.97 bits per heavy atom. The molecule has 166 valence electrons. The number of fused-ring (bicyclic) bond motifs is 6. The molecule has 3 aromatic heterocycles. The average Bonchev–Trinajstić information content (AvgIpc) is 3.45. The Morgan fingerprint density at radius 1 is 0.667 bits per heavy atom. The molecule has 0 aliphatic heterocycles. The highest BCUT2D eigenvalue weighted by Gasteiger charge is 2.17. The molecule has 7 aromatic rings. The van der Waals surface area contributed by atoms with E-state index in [1.165, 1.54) is 0 Å². The predicted molar refractivity (Wildman–Crippen MR) is 144 cm³/mol. The molecular weight excluding hydrogens is 442 g/mol. The minimum Gasteiger partial charge on any atom is -0.309 e. The van der Waals surface area contributed by atoms with Gasteiger partial charge in [0.2, 0.25) is 0 Å². The first-order chi connectivity index (χ1) is 17.8. The smallest absolute Gasteiger partial charge is 0.188 e. The van der Waals surface area contributed by atoms with Crippen molar-refractivity contribution in [2.24, 2.45) is 0 Å². The molecule has 0 aliphatic carbocycles. The summed E-state index contributed by atoms with van der Waals surface area (Å²) in [6.07, 6.45) is 3.69. The van der Waals surface area contributed by atoms with E-state index in [1.807, 2.05) is 73.1 Å². The number of benzene rings is 4. The maximum atomic E-state index is 9.99. The summed E-state index contributed by atoms with van der Waals surface area (Å²) in [5.74, 6) is 0. The van der Waals surface area contributed by atoms with Gasteiger partial charge in [-0.1, -0.05) is 42.5 Å². The normalized spacial score (nSPS) is 11.3. The lowest BCUT2D eigenvalue weighted by atomic mass is 10.1. The Morgan fingerprint density at radius 2 is 1.28 bits per heavy atom. The Labute approximate surface area is 206 Å². The Hall–Kier alpha value is -5.39. The largest absolute Gasteiger partial charge is 0.309 e. The topological polar surface area (TPSA) is 50.9 Å². The van der Waals surface area contributed by atoms with E-state index < -0.39 is 0 Å². The third-order valence-corrected chi connectivity index (χ3v) is 6.81. The summed E-state index contributed by atoms with van der Waals surface area (Å²) >= 11 is 0. The van der Waals surface area contributed by atoms with E-state index >= 15 is 0 Å². The van der Waals surface area contributed by atoms with Crippen molar-refractivity contribution in [2.75, 3.05) is 0 Å². The van der Waals surface area contributed by atoms with Crippen LogP contribution in [0.4, 0.5) is 5.69 Å². The fourth-order valence-corrected chi connectivity index (χ4v) is 5.32. The monoisotopic (exact) mass is 459 g/mol. The fourth-order valence-electron chi connectivity index (χ4n) is 5.32. The van der Waals surface area contributed by atoms with Crippen LogP contribution in [0.1, 0.15) is 5.56 Å². The molecule has 0 bridgehead atoms. The van der Waals surface area contributed by atoms with Crippen LogP contribution in [0.25, 0.3) is 59.8 Å². The summed E-state index contributed by atoms with van der Waals surface area (Å²) in [4.78, 5) is 8.02. The van der Waals surface area contributed by atoms with E-state index in [-0.39, 0.29) is 0 Å². The van der Waals surface area contributed by atoms with E-state index in [0.29, 0.717) is 11.3 Å². The molecule has 5 heteroatoms. The lowest BCUT2D eigenvalue weighted by molar-refractivity contribution is 1.12. The molecule has 5 nitrogen and oxygen atoms in total. The van der Waals surface area contributed by atoms with Gasteiger partial charge in [0.05, 0.1) is 46.5 Å². The van der Waals surface area contributed by atoms with Crippen molar-refractivity contribution in [2.45, 2.75) is 0 Å². The molecule has 36 heavy (non-hydrogen) atoms. The lowest BCUT2D eigenvalue weighted by Gasteiger charge is -2.13. The zero-order valence-corrected chi connectivity index (χ0v) is 19.1. The van der Waals surface area contributed by atoms with Gasteiger partial charge in [-0.3, -0.25) is 4.98 Å². The maximum Gasteiger partial charge on any atom is 0.188 e. The third-order valence-electron chi connectivity index (χ3n) is 6.81. The second-order valence-corrected chi connectivity index (χ2v) is 8.76. The van der Waals surface area contributed by atoms with Gasteiger partial charge < -0.3 is 9.13 Å². The van der Waals surface area contributed by atoms with Gasteiger partial charge >= 0.3 is 0 Å². The van der Waals surface area contributed by atoms with Gasteiger partial charge in [-0.15, -0.1) is 0 Å². The van der Waals surface area contributed by atoms with Gasteiger partial charge in [-0.25, -0.2) is 4.85 Å². The number of rotatable bonds is 2. The van der Waals surface area contributed by atoms with E-state index in [2.05, 4.69) is 55.4 Å². The minimum absolute atomic E-state index is 0.570. The molecule has 3 heterocycles. The molecule has 0 saturated carbocycles. The van der Waals surface area contributed by atoms with Crippen LogP contribution in [0.5, 0.6) is 0 Å². The Balaban J connectivity index is 1.59. The van der Waals surface area contributed by atoms with Crippen molar-refractivity contribution in [3.63, 3.8) is 0 Å². The maximum absolute atomic E-state index is 9.99. The fraction of sp³-hybridized carbons (Fsp3) is 0. The van der Waals surface area contributed by atoms with Gasteiger partial charge in [-0.05, 0) is 53.9 Å². The quantitative estimate of drug-likeness (QED) is 0.249. The Kier molecular flexibility index (Phi) is 4.21. The number of nitriles is 1. The van der Waals surface area contributed by atoms with Crippen LogP contribution in [0.2, 0.25) is 0 Å². The highest BCUT2D eigenvalue weighted by Crippen LogP contribution is 2.36. The van der Waals surface area contributed by atoms with Crippen LogP contribution < -0.4 is 0 Å². The molecule has 0 spiro atoms. The SMILES string of the molecule is [C-]#[N+]c1ccc2c(c1)c1ccccc1n2-c1cc(C#N)cc(-n2c3ccccc3c3ccncc32)c1. The van der Waals surface area contributed by atoms with Gasteiger partial charge in [0, 0.05) is 33.7 Å². The van der Waals surface area contributed by atoms with Crippen molar-refractivity contribution >= 4 is 49.3 Å². The molecule has 7 rings (SSSR count). The first kappa shape index (κ1) is 20.0. The highest BCUT2D eigenvalue weighted by molar-refractivity contribution is 6.11. The van der Waals surface area contributed by atoms with Crippen LogP contribution in [-0.2, 0) is 0 Å². The van der Waals surface area contributed by atoms with E-state index in [4.69, 9.17) is 6.57 Å². The molecule has 0 amide bonds. The molecule has 0 radical (unpaired) electrons. The summed E-state index contributed by atoms with van der Waals surface area (Å²) in [7, 11) is 0. The molecule has 0 atom stereocenters. The average molecular weight is 460 g/mol. The van der Waals surface area contributed by atoms with Crippen molar-refractivity contribution in [1.82, 2.24) is 14.1 Å². The van der Waals surface area contributed by atoms with E-state index in [0.717, 1.165) is 55.0 Å². The van der Waals surface area contributed by atoms with Crippen LogP contribution in [0.15, 0.2) is 103 Å². The first-order valence-electron chi connectivity index (χ1n) is 11.6. The number of para-hydroxylation sites is 2. The molecule has 4 aromatic carbocycles. The zero-order valence-electron chi connectivity index (χ0n) is 19.1. The standard InChI is InChI=1S/C31H17N5/c1-33-21-10-11-30-27(16-21)25-7-3-5-9-29(25)35(30)22-14-20(18-32)15-23(17-22)36-28-8-4-2-6-24(28)26-12-13-34-19-31(26)36/h2-17,19H. The Bertz CT molecular complexity index is 2030. The van der Waals surface area contributed by atoms with Crippen LogP contribution in [0.3, 0.4) is 0 Å². The molecule has 0 N–H and O–H groups in total. The van der Waals surface area contributed by atoms with Crippen molar-refractivity contribution in [3.8, 4) is 17.4 Å². The van der Waals surface area contributed by atoms with Crippen molar-refractivity contribution in [1.29, 1.82) is 5.26 Å². The van der Waals surface area contributed by atoms with Crippen LogP contribution in [-0.4, -0.2) is 14.1 Å². The number of aromatic nitrogens is 3. The van der Waals surface area contributed by atoms with E-state index in [9.17, 15) is 5.26 Å². The molecular formula is C31H17N5. The van der Waals surface area contributed by atoms with Crippen molar-refractivity contribution < 1.29 is 0 Å². The zero-order chi connectivity index (χ0) is 24.2. The minimum atomic E-state index is 0.570. The number of nitrogens with zero attached hydrogens (tertiary/aromatic N) is 5. The van der Waals surface area contributed by atoms with Crippen molar-refractivity contribution in [3.05, 3.63) is 120 Å². The van der Waals surface area contributed by atoms with Gasteiger partial charge in [0.1, 0.15) is 0 Å². The first-order valence-corrected chi connectivity index (χ1v) is 11.6. The van der Waals surface area contributed by atoms with E-state index in [1.54, 1.807) is 0 Å². The molecule has 0 unspecified atom stereocenters. The number of hydrogen-bond acceptors (Lipinski definition) is 2.